The second kappa shape index (κ2) is 129. The molecular formula is C100H243N27O16. The molecular weight excluding hydrogens is 1840 g/mol. The van der Waals surface area contributed by atoms with Crippen molar-refractivity contribution < 1.29 is 81.7 Å². The molecule has 143 heavy (non-hydrogen) atoms. The van der Waals surface area contributed by atoms with E-state index < -0.39 is 54.9 Å². The molecule has 0 heterocycles. The van der Waals surface area contributed by atoms with Crippen LogP contribution in [0, 0.1) is 0 Å². The monoisotopic (exact) mass is 2080 g/mol. The molecule has 0 rings (SSSR count). The van der Waals surface area contributed by atoms with E-state index in [9.17, 15) is 81.7 Å². The van der Waals surface area contributed by atoms with Crippen LogP contribution in [0.5, 0.6) is 0 Å². The van der Waals surface area contributed by atoms with Gasteiger partial charge < -0.3 is 171 Å². The van der Waals surface area contributed by atoms with Crippen molar-refractivity contribution in [1.82, 2.24) is 80.5 Å². The van der Waals surface area contributed by atoms with Gasteiger partial charge >= 0.3 is 0 Å². The molecule has 874 valence electrons. The number of unbranched alkanes of at least 4 members (excludes halogenated alkanes) is 16. The highest BCUT2D eigenvalue weighted by atomic mass is 16.3. The van der Waals surface area contributed by atoms with Crippen LogP contribution in [0.15, 0.2) is 0 Å². The summed E-state index contributed by atoms with van der Waals surface area (Å²) in [4.78, 5) is 22.7. The molecule has 0 saturated heterocycles. The summed E-state index contributed by atoms with van der Waals surface area (Å²) in [6.45, 7) is 55.1. The first-order chi connectivity index (χ1) is 68.8. The Bertz CT molecular complexity index is 2050. The van der Waals surface area contributed by atoms with Gasteiger partial charge in [-0.05, 0) is 192 Å². The molecule has 9 atom stereocenters. The van der Waals surface area contributed by atoms with E-state index in [-0.39, 0.29) is 46.2 Å². The highest BCUT2D eigenvalue weighted by Crippen LogP contribution is 2.11. The smallest absolute Gasteiger partial charge is 0.0639 e. The standard InChI is InChI=1S/C22H51N5O7.C19H43N3O5.C14H32N2O4.C12H30N4.C11H26N2.C9H24N4.C7H19N3.C6H18N4/c28-16-9-23(1-3-24(10-17-29)5-7-26(12-19-31)13-20-32)2-4-25(11-18-30)6-8-27(14-21-33)15-22-34;1-15(23)10-20(6-8-21(11-16(2)24)12-17(3)25)7-9-22(13-18(4)26)14-19(5)27;1-11(17)7-15(8-12(2)18)5-6-16(9-13(3)19)10-14(4)20;13-7-3-1-4-9-15-10-5-2-6-11-16-12-8-14;12-10-8-6-4-2-1-3-5-7-9-11-13;10-4-8-12-6-2-1-3-7-13-9-5-11;8-4-2-1-3-6-10-7-5-9;7-1-4-10(5-2-8)6-3-9/h28-34H,1-22H2;15-19,23-27H,6-14H2,1-5H3;11-14,17-20H,5-10H2,1-4H3;15-16H,1-14H2;1-13H2;12-13H,1-11H2;10H,1-9H2;1-9H2. The van der Waals surface area contributed by atoms with Gasteiger partial charge in [0.15, 0.2) is 0 Å². The third-order valence-corrected chi connectivity index (χ3v) is 22.3. The Kier molecular flexibility index (Phi) is 141. The lowest BCUT2D eigenvalue weighted by Crippen LogP contribution is -2.46. The third-order valence-electron chi connectivity index (χ3n) is 22.3. The van der Waals surface area contributed by atoms with E-state index in [0.29, 0.717) is 216 Å². The summed E-state index contributed by atoms with van der Waals surface area (Å²) in [7, 11) is 0. The fourth-order valence-corrected chi connectivity index (χ4v) is 15.3. The summed E-state index contributed by atoms with van der Waals surface area (Å²) in [6, 6.07) is 0. The zero-order chi connectivity index (χ0) is 109. The lowest BCUT2D eigenvalue weighted by Gasteiger charge is -2.32. The van der Waals surface area contributed by atoms with Gasteiger partial charge in [-0.2, -0.15) is 0 Å². The molecule has 0 bridgehead atoms. The van der Waals surface area contributed by atoms with Crippen LogP contribution in [-0.4, -0.2) is 590 Å². The van der Waals surface area contributed by atoms with Crippen molar-refractivity contribution in [2.75, 3.05) is 400 Å². The summed E-state index contributed by atoms with van der Waals surface area (Å²) < 4.78 is 0. The minimum absolute atomic E-state index is 0.0341. The Balaban J connectivity index is -0.000000252. The molecule has 43 heteroatoms. The van der Waals surface area contributed by atoms with Crippen LogP contribution in [0.3, 0.4) is 0 Å². The first-order valence-corrected chi connectivity index (χ1v) is 55.4. The maximum absolute atomic E-state index is 9.81. The number of hydrogen-bond donors (Lipinski definition) is 32. The van der Waals surface area contributed by atoms with Crippen molar-refractivity contribution in [2.24, 2.45) is 63.1 Å². The van der Waals surface area contributed by atoms with E-state index in [1.165, 1.54) is 122 Å². The second-order valence-corrected chi connectivity index (χ2v) is 37.9. The van der Waals surface area contributed by atoms with E-state index in [1.807, 2.05) is 29.4 Å². The van der Waals surface area contributed by atoms with Gasteiger partial charge in [0.05, 0.1) is 101 Å². The van der Waals surface area contributed by atoms with Crippen LogP contribution < -0.4 is 89.7 Å². The number of nitrogens with one attached hydrogen (secondary N) is 5. The Morgan fingerprint density at radius 3 is 0.420 bits per heavy atom. The first-order valence-electron chi connectivity index (χ1n) is 55.4. The minimum Gasteiger partial charge on any atom is -0.395 e. The van der Waals surface area contributed by atoms with E-state index in [2.05, 4.69) is 51.1 Å². The predicted molar refractivity (Wildman–Crippen MR) is 596 cm³/mol. The van der Waals surface area contributed by atoms with Gasteiger partial charge in [0.1, 0.15) is 0 Å². The number of aliphatic hydroxyl groups is 16. The molecule has 0 aliphatic heterocycles. The van der Waals surface area contributed by atoms with Crippen molar-refractivity contribution in [3.63, 3.8) is 0 Å². The van der Waals surface area contributed by atoms with Crippen molar-refractivity contribution in [1.29, 1.82) is 0 Å². The van der Waals surface area contributed by atoms with Crippen LogP contribution in [0.25, 0.3) is 0 Å². The molecule has 0 saturated carbocycles. The van der Waals surface area contributed by atoms with Gasteiger partial charge in [-0.3, -0.25) is 53.9 Å². The summed E-state index contributed by atoms with van der Waals surface area (Å²) in [5, 5.41) is 168. The van der Waals surface area contributed by atoms with Gasteiger partial charge in [-0.15, -0.1) is 0 Å². The Labute approximate surface area is 872 Å². The molecule has 0 radical (unpaired) electrons. The van der Waals surface area contributed by atoms with Crippen LogP contribution in [0.1, 0.15) is 197 Å². The number of aliphatic hydroxyl groups excluding tert-OH is 16. The van der Waals surface area contributed by atoms with E-state index in [0.717, 1.165) is 150 Å². The van der Waals surface area contributed by atoms with E-state index >= 15 is 0 Å². The third kappa shape index (κ3) is 138. The molecule has 0 aromatic heterocycles. The summed E-state index contributed by atoms with van der Waals surface area (Å²) in [6.07, 6.45) is 22.7. The van der Waals surface area contributed by atoms with Gasteiger partial charge in [0.25, 0.3) is 0 Å². The number of hydrogen-bond acceptors (Lipinski definition) is 43. The van der Waals surface area contributed by atoms with Gasteiger partial charge in [0.2, 0.25) is 0 Å². The lowest BCUT2D eigenvalue weighted by atomic mass is 10.1. The second-order valence-electron chi connectivity index (χ2n) is 37.9. The minimum atomic E-state index is -0.471. The molecule has 0 amide bonds. The Hall–Kier alpha value is -1.72. The largest absolute Gasteiger partial charge is 0.395 e. The zero-order valence-electron chi connectivity index (χ0n) is 93.1. The average molecular weight is 2080 g/mol. The molecule has 0 aromatic rings. The van der Waals surface area contributed by atoms with Crippen molar-refractivity contribution in [2.45, 2.75) is 252 Å². The molecule has 0 aliphatic rings. The quantitative estimate of drug-likeness (QED) is 0.0252. The Morgan fingerprint density at radius 2 is 0.266 bits per heavy atom. The molecule has 0 spiro atoms. The molecule has 43 N–H and O–H groups in total. The van der Waals surface area contributed by atoms with Crippen LogP contribution in [0.2, 0.25) is 0 Å². The highest BCUT2D eigenvalue weighted by molar-refractivity contribution is 4.77. The summed E-state index contributed by atoms with van der Waals surface area (Å²) in [5.74, 6) is 0. The molecule has 43 nitrogen and oxygen atoms in total. The lowest BCUT2D eigenvalue weighted by molar-refractivity contribution is 0.0542. The maximum atomic E-state index is 9.81. The van der Waals surface area contributed by atoms with Gasteiger partial charge in [0, 0.05) is 288 Å². The molecule has 0 aliphatic carbocycles. The van der Waals surface area contributed by atoms with Crippen LogP contribution in [-0.2, 0) is 0 Å². The fourth-order valence-electron chi connectivity index (χ4n) is 15.3. The molecule has 0 fully saturated rings. The zero-order valence-corrected chi connectivity index (χ0v) is 93.1. The fraction of sp³-hybridized carbons (Fsp3) is 1.00. The molecule has 9 unspecified atom stereocenters. The number of rotatable bonds is 99. The topological polar surface area (TPSA) is 706 Å². The highest BCUT2D eigenvalue weighted by Gasteiger charge is 2.21. The predicted octanol–water partition coefficient (Wildman–Crippen LogP) is -6.73. The average Bonchev–Trinajstić information content (AvgIpc) is 0.909. The maximum Gasteiger partial charge on any atom is 0.0639 e. The Morgan fingerprint density at radius 1 is 0.140 bits per heavy atom. The summed E-state index contributed by atoms with van der Waals surface area (Å²) in [5.41, 5.74) is 59.0. The van der Waals surface area contributed by atoms with Crippen LogP contribution >= 0.6 is 0 Å². The SMILES string of the molecule is CC(O)CN(CCN(CC(C)O)CC(C)O)CC(C)O.CC(O)CN(CCN(CC(C)O)CC(C)O)CCN(CC(C)O)CC(C)O.NCCCCCCCCCCCN.NCCCCCNCCCCCNCCN.NCCCCCNCCN.NCCN(CCN)CCN.NCCNCCCCCNCCN.OCCN(CCO)CCN(CCO)CCN(CCO)CCN(CCO)CCN(CCO)CCO. The van der Waals surface area contributed by atoms with E-state index in [1.54, 1.807) is 62.3 Å². The number of nitrogens with zero attached hydrogens (tertiary/aromatic N) is 11. The molecule has 0 aromatic carbocycles. The summed E-state index contributed by atoms with van der Waals surface area (Å²) >= 11 is 0. The first kappa shape index (κ1) is 157. The number of nitrogens with two attached hydrogens (primary N) is 11. The van der Waals surface area contributed by atoms with E-state index in [4.69, 9.17) is 63.1 Å². The van der Waals surface area contributed by atoms with Crippen molar-refractivity contribution >= 4 is 0 Å². The van der Waals surface area contributed by atoms with Crippen molar-refractivity contribution in [3.8, 4) is 0 Å². The van der Waals surface area contributed by atoms with Gasteiger partial charge in [-0.25, -0.2) is 0 Å². The van der Waals surface area contributed by atoms with Gasteiger partial charge in [-0.1, -0.05) is 70.6 Å². The normalized spacial score (nSPS) is 13.5. The van der Waals surface area contributed by atoms with Crippen LogP contribution in [0.4, 0.5) is 0 Å². The van der Waals surface area contributed by atoms with Crippen molar-refractivity contribution in [3.05, 3.63) is 0 Å².